The Kier molecular flexibility index (Phi) is 6.43. The molecule has 0 aliphatic heterocycles. The fourth-order valence-corrected chi connectivity index (χ4v) is 5.99. The Morgan fingerprint density at radius 1 is 0.861 bits per heavy atom. The first-order chi connectivity index (χ1) is 17.4. The zero-order chi connectivity index (χ0) is 25.3. The summed E-state index contributed by atoms with van der Waals surface area (Å²) in [6, 6.07) is 28.4. The number of hydrogen-bond donors (Lipinski definition) is 1. The Morgan fingerprint density at radius 3 is 2.25 bits per heavy atom. The number of halogens is 1. The van der Waals surface area contributed by atoms with Gasteiger partial charge in [0.1, 0.15) is 6.54 Å². The number of amides is 1. The van der Waals surface area contributed by atoms with Crippen molar-refractivity contribution in [2.75, 3.05) is 16.2 Å². The third-order valence-electron chi connectivity index (χ3n) is 6.11. The van der Waals surface area contributed by atoms with Crippen LogP contribution in [0.1, 0.15) is 6.92 Å². The van der Waals surface area contributed by atoms with Gasteiger partial charge in [-0.05, 0) is 67.6 Å². The molecule has 8 heteroatoms. The number of nitrogens with zero attached hydrogens (tertiary/aromatic N) is 2. The number of sulfonamides is 1. The predicted molar refractivity (Wildman–Crippen MR) is 146 cm³/mol. The van der Waals surface area contributed by atoms with Crippen molar-refractivity contribution in [2.45, 2.75) is 18.4 Å². The number of carbonyl (C=O) groups excluding carboxylic acids is 1. The topological polar surface area (TPSA) is 71.4 Å². The summed E-state index contributed by atoms with van der Waals surface area (Å²) in [5.41, 5.74) is 3.20. The fourth-order valence-electron chi connectivity index (χ4n) is 4.45. The maximum absolute atomic E-state index is 13.5. The van der Waals surface area contributed by atoms with Gasteiger partial charge in [0, 0.05) is 39.1 Å². The quantitative estimate of drug-likeness (QED) is 0.275. The normalized spacial score (nSPS) is 11.6. The van der Waals surface area contributed by atoms with E-state index in [-0.39, 0.29) is 11.4 Å². The molecule has 36 heavy (non-hydrogen) atoms. The van der Waals surface area contributed by atoms with Gasteiger partial charge in [0.05, 0.1) is 10.6 Å². The lowest BCUT2D eigenvalue weighted by Crippen LogP contribution is -2.38. The van der Waals surface area contributed by atoms with Crippen LogP contribution in [0.4, 0.5) is 11.4 Å². The van der Waals surface area contributed by atoms with Gasteiger partial charge in [-0.2, -0.15) is 0 Å². The van der Waals surface area contributed by atoms with Crippen LogP contribution < -0.4 is 9.62 Å². The lowest BCUT2D eigenvalue weighted by Gasteiger charge is -2.24. The minimum atomic E-state index is -4.01. The lowest BCUT2D eigenvalue weighted by atomic mass is 10.1. The van der Waals surface area contributed by atoms with Gasteiger partial charge in [0.15, 0.2) is 0 Å². The molecule has 0 fully saturated rings. The number of aromatic nitrogens is 1. The number of hydrogen-bond acceptors (Lipinski definition) is 3. The minimum absolute atomic E-state index is 0.0531. The van der Waals surface area contributed by atoms with E-state index in [2.05, 4.69) is 28.9 Å². The van der Waals surface area contributed by atoms with E-state index in [0.717, 1.165) is 32.7 Å². The molecular formula is C28H24ClN3O3S. The number of rotatable bonds is 7. The first-order valence-corrected chi connectivity index (χ1v) is 13.3. The highest BCUT2D eigenvalue weighted by atomic mass is 35.5. The van der Waals surface area contributed by atoms with Crippen LogP contribution >= 0.6 is 11.6 Å². The van der Waals surface area contributed by atoms with E-state index >= 15 is 0 Å². The maximum atomic E-state index is 13.5. The zero-order valence-corrected chi connectivity index (χ0v) is 21.1. The number of aryl methyl sites for hydroxylation is 1. The van der Waals surface area contributed by atoms with Gasteiger partial charge in [-0.15, -0.1) is 0 Å². The van der Waals surface area contributed by atoms with Gasteiger partial charge in [0.25, 0.3) is 10.0 Å². The van der Waals surface area contributed by atoms with Gasteiger partial charge >= 0.3 is 0 Å². The molecule has 5 rings (SSSR count). The van der Waals surface area contributed by atoms with Crippen molar-refractivity contribution in [1.29, 1.82) is 0 Å². The molecule has 6 nitrogen and oxygen atoms in total. The Labute approximate surface area is 214 Å². The Hall–Kier alpha value is -3.81. The van der Waals surface area contributed by atoms with E-state index in [9.17, 15) is 13.2 Å². The number of benzene rings is 4. The monoisotopic (exact) mass is 517 g/mol. The molecule has 0 saturated carbocycles. The second-order valence-electron chi connectivity index (χ2n) is 8.34. The lowest BCUT2D eigenvalue weighted by molar-refractivity contribution is -0.114. The molecule has 0 aliphatic carbocycles. The van der Waals surface area contributed by atoms with Crippen molar-refractivity contribution in [2.24, 2.45) is 0 Å². The van der Waals surface area contributed by atoms with Crippen molar-refractivity contribution in [3.63, 3.8) is 0 Å². The van der Waals surface area contributed by atoms with Crippen molar-refractivity contribution in [3.05, 3.63) is 102 Å². The smallest absolute Gasteiger partial charge is 0.264 e. The van der Waals surface area contributed by atoms with Crippen LogP contribution in [0.5, 0.6) is 0 Å². The Balaban J connectivity index is 1.47. The average molecular weight is 518 g/mol. The molecule has 182 valence electrons. The van der Waals surface area contributed by atoms with E-state index in [1.807, 2.05) is 30.3 Å². The molecule has 1 N–H and O–H groups in total. The fraction of sp³-hybridized carbons (Fsp3) is 0.107. The Bertz CT molecular complexity index is 1660. The molecule has 0 aliphatic rings. The SMILES string of the molecule is CCn1c2ccccc2c2cc(NC(=O)CN(c3ccccc3)S(=O)(=O)c3ccc(Cl)cc3)ccc21. The van der Waals surface area contributed by atoms with Gasteiger partial charge < -0.3 is 9.88 Å². The molecule has 4 aromatic carbocycles. The largest absolute Gasteiger partial charge is 0.341 e. The van der Waals surface area contributed by atoms with E-state index in [4.69, 9.17) is 11.6 Å². The van der Waals surface area contributed by atoms with Crippen molar-refractivity contribution >= 4 is 60.7 Å². The summed E-state index contributed by atoms with van der Waals surface area (Å²) >= 11 is 5.95. The summed E-state index contributed by atoms with van der Waals surface area (Å²) in [6.45, 7) is 2.54. The number of carbonyl (C=O) groups is 1. The molecule has 1 amide bonds. The second kappa shape index (κ2) is 9.68. The van der Waals surface area contributed by atoms with Crippen LogP contribution in [0.25, 0.3) is 21.8 Å². The van der Waals surface area contributed by atoms with E-state index in [0.29, 0.717) is 16.4 Å². The summed E-state index contributed by atoms with van der Waals surface area (Å²) in [6.07, 6.45) is 0. The number of para-hydroxylation sites is 2. The van der Waals surface area contributed by atoms with E-state index < -0.39 is 15.9 Å². The number of fused-ring (bicyclic) bond motifs is 3. The minimum Gasteiger partial charge on any atom is -0.341 e. The molecule has 0 radical (unpaired) electrons. The number of anilines is 2. The van der Waals surface area contributed by atoms with Crippen LogP contribution in [0, 0.1) is 0 Å². The third-order valence-corrected chi connectivity index (χ3v) is 8.15. The standard InChI is InChI=1S/C28H24ClN3O3S/c1-2-31-26-11-7-6-10-24(26)25-18-21(14-17-27(25)31)30-28(33)19-32(22-8-4-3-5-9-22)36(34,35)23-15-12-20(29)13-16-23/h3-18H,2,19H2,1H3,(H,30,33). The van der Waals surface area contributed by atoms with Crippen molar-refractivity contribution < 1.29 is 13.2 Å². The van der Waals surface area contributed by atoms with Gasteiger partial charge in [-0.3, -0.25) is 9.10 Å². The summed E-state index contributed by atoms with van der Waals surface area (Å²) in [7, 11) is -4.01. The van der Waals surface area contributed by atoms with Crippen LogP contribution in [0.2, 0.25) is 5.02 Å². The second-order valence-corrected chi connectivity index (χ2v) is 10.6. The van der Waals surface area contributed by atoms with Crippen molar-refractivity contribution in [3.8, 4) is 0 Å². The van der Waals surface area contributed by atoms with Gasteiger partial charge in [0.2, 0.25) is 5.91 Å². The van der Waals surface area contributed by atoms with Crippen LogP contribution in [0.15, 0.2) is 102 Å². The van der Waals surface area contributed by atoms with Crippen LogP contribution in [-0.2, 0) is 21.4 Å². The summed E-state index contributed by atoms with van der Waals surface area (Å²) in [4.78, 5) is 13.2. The first kappa shape index (κ1) is 23.9. The summed E-state index contributed by atoms with van der Waals surface area (Å²) in [5, 5.41) is 5.44. The van der Waals surface area contributed by atoms with E-state index in [1.165, 1.54) is 24.3 Å². The highest BCUT2D eigenvalue weighted by molar-refractivity contribution is 7.92. The summed E-state index contributed by atoms with van der Waals surface area (Å²) < 4.78 is 30.3. The maximum Gasteiger partial charge on any atom is 0.264 e. The predicted octanol–water partition coefficient (Wildman–Crippen LogP) is 6.30. The number of nitrogens with one attached hydrogen (secondary N) is 1. The molecular weight excluding hydrogens is 494 g/mol. The molecule has 1 heterocycles. The van der Waals surface area contributed by atoms with Crippen LogP contribution in [0.3, 0.4) is 0 Å². The first-order valence-electron chi connectivity index (χ1n) is 11.5. The molecule has 0 bridgehead atoms. The molecule has 0 atom stereocenters. The van der Waals surface area contributed by atoms with Gasteiger partial charge in [-0.1, -0.05) is 48.0 Å². The average Bonchev–Trinajstić information content (AvgIpc) is 3.21. The highest BCUT2D eigenvalue weighted by Crippen LogP contribution is 2.31. The van der Waals surface area contributed by atoms with Crippen LogP contribution in [-0.4, -0.2) is 25.4 Å². The molecule has 0 unspecified atom stereocenters. The molecule has 0 spiro atoms. The third kappa shape index (κ3) is 4.43. The summed E-state index contributed by atoms with van der Waals surface area (Å²) in [5.74, 6) is -0.449. The zero-order valence-electron chi connectivity index (χ0n) is 19.6. The molecule has 5 aromatic rings. The van der Waals surface area contributed by atoms with Gasteiger partial charge in [-0.25, -0.2) is 8.42 Å². The van der Waals surface area contributed by atoms with E-state index in [1.54, 1.807) is 30.3 Å². The van der Waals surface area contributed by atoms with Crippen molar-refractivity contribution in [1.82, 2.24) is 4.57 Å². The molecule has 0 saturated heterocycles. The Morgan fingerprint density at radius 2 is 1.53 bits per heavy atom. The highest BCUT2D eigenvalue weighted by Gasteiger charge is 2.27. The molecule has 1 aromatic heterocycles.